The standard InChI is InChI=1S/C12H16O3S/c1-15-11(14)7-12(4-5-12)8-16-10-3-2-9(13)6-10/h6H,2-5,7-8H2,1H3. The Hall–Kier alpha value is -0.770. The van der Waals surface area contributed by atoms with Gasteiger partial charge in [-0.25, -0.2) is 0 Å². The van der Waals surface area contributed by atoms with Crippen LogP contribution in [0.25, 0.3) is 0 Å². The first kappa shape index (κ1) is 11.7. The summed E-state index contributed by atoms with van der Waals surface area (Å²) in [6.45, 7) is 0. The van der Waals surface area contributed by atoms with Gasteiger partial charge in [-0.05, 0) is 35.7 Å². The molecule has 0 N–H and O–H groups in total. The lowest BCUT2D eigenvalue weighted by Crippen LogP contribution is -2.13. The van der Waals surface area contributed by atoms with Gasteiger partial charge in [0, 0.05) is 12.2 Å². The van der Waals surface area contributed by atoms with Crippen LogP contribution >= 0.6 is 11.8 Å². The Balaban J connectivity index is 1.79. The topological polar surface area (TPSA) is 43.4 Å². The number of ketones is 1. The molecule has 0 heterocycles. The summed E-state index contributed by atoms with van der Waals surface area (Å²) in [5.74, 6) is 1.07. The molecule has 4 heteroatoms. The summed E-state index contributed by atoms with van der Waals surface area (Å²) in [4.78, 5) is 23.5. The van der Waals surface area contributed by atoms with Gasteiger partial charge in [-0.2, -0.15) is 0 Å². The molecular weight excluding hydrogens is 224 g/mol. The Kier molecular flexibility index (Phi) is 3.38. The van der Waals surface area contributed by atoms with Crippen molar-refractivity contribution in [2.75, 3.05) is 12.9 Å². The molecule has 0 saturated heterocycles. The molecule has 1 saturated carbocycles. The number of thioether (sulfide) groups is 1. The minimum atomic E-state index is -0.116. The zero-order chi connectivity index (χ0) is 11.6. The van der Waals surface area contributed by atoms with E-state index in [9.17, 15) is 9.59 Å². The maximum absolute atomic E-state index is 11.2. The predicted molar refractivity (Wildman–Crippen MR) is 63.1 cm³/mol. The second kappa shape index (κ2) is 4.62. The van der Waals surface area contributed by atoms with Crippen LogP contribution in [0, 0.1) is 5.41 Å². The zero-order valence-corrected chi connectivity index (χ0v) is 10.3. The lowest BCUT2D eigenvalue weighted by Gasteiger charge is -2.13. The molecule has 0 bridgehead atoms. The van der Waals surface area contributed by atoms with Crippen molar-refractivity contribution >= 4 is 23.5 Å². The average molecular weight is 240 g/mol. The van der Waals surface area contributed by atoms with Gasteiger partial charge in [-0.15, -0.1) is 11.8 Å². The van der Waals surface area contributed by atoms with Crippen LogP contribution in [0.15, 0.2) is 11.0 Å². The lowest BCUT2D eigenvalue weighted by molar-refractivity contribution is -0.141. The van der Waals surface area contributed by atoms with Crippen LogP contribution in [0.2, 0.25) is 0 Å². The van der Waals surface area contributed by atoms with Gasteiger partial charge < -0.3 is 4.74 Å². The number of carbonyl (C=O) groups is 2. The number of ether oxygens (including phenoxy) is 1. The van der Waals surface area contributed by atoms with Gasteiger partial charge in [0.1, 0.15) is 0 Å². The van der Waals surface area contributed by atoms with E-state index in [-0.39, 0.29) is 17.2 Å². The van der Waals surface area contributed by atoms with Gasteiger partial charge >= 0.3 is 5.97 Å². The number of methoxy groups -OCH3 is 1. The van der Waals surface area contributed by atoms with E-state index in [1.165, 1.54) is 12.0 Å². The van der Waals surface area contributed by atoms with Crippen molar-refractivity contribution in [2.45, 2.75) is 32.1 Å². The van der Waals surface area contributed by atoms with Crippen LogP contribution in [0.5, 0.6) is 0 Å². The first-order valence-electron chi connectivity index (χ1n) is 5.57. The fourth-order valence-corrected chi connectivity index (χ4v) is 3.20. The van der Waals surface area contributed by atoms with E-state index in [0.29, 0.717) is 12.8 Å². The molecule has 0 aromatic carbocycles. The quantitative estimate of drug-likeness (QED) is 0.692. The molecule has 0 aromatic heterocycles. The molecule has 0 unspecified atom stereocenters. The molecule has 0 spiro atoms. The maximum Gasteiger partial charge on any atom is 0.306 e. The van der Waals surface area contributed by atoms with E-state index < -0.39 is 0 Å². The third kappa shape index (κ3) is 2.88. The van der Waals surface area contributed by atoms with Crippen LogP contribution in [-0.4, -0.2) is 24.6 Å². The van der Waals surface area contributed by atoms with Gasteiger partial charge in [-0.1, -0.05) is 0 Å². The van der Waals surface area contributed by atoms with Gasteiger partial charge in [0.25, 0.3) is 0 Å². The van der Waals surface area contributed by atoms with E-state index in [1.54, 1.807) is 17.8 Å². The molecule has 0 aromatic rings. The molecule has 1 fully saturated rings. The van der Waals surface area contributed by atoms with Crippen molar-refractivity contribution in [2.24, 2.45) is 5.41 Å². The summed E-state index contributed by atoms with van der Waals surface area (Å²) in [7, 11) is 1.43. The predicted octanol–water partition coefficient (Wildman–Crippen LogP) is 2.31. The van der Waals surface area contributed by atoms with E-state index in [1.807, 2.05) is 0 Å². The summed E-state index contributed by atoms with van der Waals surface area (Å²) in [6.07, 6.45) is 6.04. The van der Waals surface area contributed by atoms with Crippen molar-refractivity contribution < 1.29 is 14.3 Å². The zero-order valence-electron chi connectivity index (χ0n) is 9.45. The highest BCUT2D eigenvalue weighted by atomic mass is 32.2. The Bertz CT molecular complexity index is 342. The number of esters is 1. The Morgan fingerprint density at radius 1 is 1.50 bits per heavy atom. The molecule has 2 aliphatic carbocycles. The molecule has 0 atom stereocenters. The first-order valence-corrected chi connectivity index (χ1v) is 6.55. The SMILES string of the molecule is COC(=O)CC1(CSC2=CC(=O)CC2)CC1. The second-order valence-corrected chi connectivity index (χ2v) is 5.72. The van der Waals surface area contributed by atoms with Gasteiger partial charge in [0.15, 0.2) is 5.78 Å². The van der Waals surface area contributed by atoms with Crippen LogP contribution in [-0.2, 0) is 14.3 Å². The molecule has 0 radical (unpaired) electrons. The summed E-state index contributed by atoms with van der Waals surface area (Å²) < 4.78 is 4.70. The molecule has 16 heavy (non-hydrogen) atoms. The van der Waals surface area contributed by atoms with E-state index >= 15 is 0 Å². The average Bonchev–Trinajstić information content (AvgIpc) is 2.90. The van der Waals surface area contributed by atoms with Crippen molar-refractivity contribution in [1.29, 1.82) is 0 Å². The number of hydrogen-bond donors (Lipinski definition) is 0. The van der Waals surface area contributed by atoms with Crippen LogP contribution < -0.4 is 0 Å². The molecule has 0 amide bonds. The minimum Gasteiger partial charge on any atom is -0.469 e. The Morgan fingerprint density at radius 2 is 2.25 bits per heavy atom. The van der Waals surface area contributed by atoms with Crippen molar-refractivity contribution in [3.8, 4) is 0 Å². The van der Waals surface area contributed by atoms with E-state index in [2.05, 4.69) is 0 Å². The minimum absolute atomic E-state index is 0.116. The first-order chi connectivity index (χ1) is 7.63. The maximum atomic E-state index is 11.2. The molecule has 3 nitrogen and oxygen atoms in total. The van der Waals surface area contributed by atoms with E-state index in [4.69, 9.17) is 4.74 Å². The third-order valence-corrected chi connectivity index (χ3v) is 4.66. The van der Waals surface area contributed by atoms with Crippen LogP contribution in [0.4, 0.5) is 0 Å². The van der Waals surface area contributed by atoms with Crippen molar-refractivity contribution in [1.82, 2.24) is 0 Å². The third-order valence-electron chi connectivity index (χ3n) is 3.21. The Morgan fingerprint density at radius 3 is 2.75 bits per heavy atom. The van der Waals surface area contributed by atoms with Crippen LogP contribution in [0.3, 0.4) is 0 Å². The van der Waals surface area contributed by atoms with E-state index in [0.717, 1.165) is 25.0 Å². The monoisotopic (exact) mass is 240 g/mol. The molecule has 2 rings (SSSR count). The summed E-state index contributed by atoms with van der Waals surface area (Å²) in [6, 6.07) is 0. The van der Waals surface area contributed by atoms with Crippen LogP contribution in [0.1, 0.15) is 32.1 Å². The lowest BCUT2D eigenvalue weighted by atomic mass is 10.1. The molecule has 2 aliphatic rings. The highest BCUT2D eigenvalue weighted by Gasteiger charge is 2.44. The molecular formula is C12H16O3S. The number of rotatable bonds is 5. The fraction of sp³-hybridized carbons (Fsp3) is 0.667. The molecule has 0 aliphatic heterocycles. The summed E-state index contributed by atoms with van der Waals surface area (Å²) >= 11 is 1.74. The number of carbonyl (C=O) groups excluding carboxylic acids is 2. The largest absolute Gasteiger partial charge is 0.469 e. The Labute approximate surface area is 99.6 Å². The number of allylic oxidation sites excluding steroid dienone is 2. The highest BCUT2D eigenvalue weighted by molar-refractivity contribution is 8.03. The van der Waals surface area contributed by atoms with Crippen molar-refractivity contribution in [3.05, 3.63) is 11.0 Å². The molecule has 88 valence electrons. The van der Waals surface area contributed by atoms with Gasteiger partial charge in [0.2, 0.25) is 0 Å². The van der Waals surface area contributed by atoms with Gasteiger partial charge in [0.05, 0.1) is 13.5 Å². The highest BCUT2D eigenvalue weighted by Crippen LogP contribution is 2.52. The fourth-order valence-electron chi connectivity index (χ4n) is 1.86. The normalized spacial score (nSPS) is 21.8. The number of hydrogen-bond acceptors (Lipinski definition) is 4. The second-order valence-electron chi connectivity index (χ2n) is 4.62. The van der Waals surface area contributed by atoms with Crippen molar-refractivity contribution in [3.63, 3.8) is 0 Å². The summed E-state index contributed by atoms with van der Waals surface area (Å²) in [5.41, 5.74) is 0.157. The summed E-state index contributed by atoms with van der Waals surface area (Å²) in [5, 5.41) is 0. The van der Waals surface area contributed by atoms with Gasteiger partial charge in [-0.3, -0.25) is 9.59 Å². The smallest absolute Gasteiger partial charge is 0.306 e.